The van der Waals surface area contributed by atoms with Crippen molar-refractivity contribution in [3.05, 3.63) is 56.5 Å². The second-order valence-corrected chi connectivity index (χ2v) is 7.32. The first kappa shape index (κ1) is 20.3. The third-order valence-electron chi connectivity index (χ3n) is 3.95. The number of carbonyl (C=O) groups is 3. The minimum absolute atomic E-state index is 0.111. The SMILES string of the molecule is CC(=O)NCCc1ccc(C(=O)COC(=O)Cn2nnc3ccccc3c2=O)s1. The van der Waals surface area contributed by atoms with Gasteiger partial charge in [-0.15, -0.1) is 16.4 Å². The molecular weight excluding hydrogens is 396 g/mol. The van der Waals surface area contributed by atoms with Crippen LogP contribution in [0.3, 0.4) is 0 Å². The average molecular weight is 414 g/mol. The van der Waals surface area contributed by atoms with E-state index in [2.05, 4.69) is 15.6 Å². The molecule has 1 aromatic carbocycles. The molecule has 2 heterocycles. The van der Waals surface area contributed by atoms with Gasteiger partial charge in [-0.1, -0.05) is 17.3 Å². The van der Waals surface area contributed by atoms with Crippen molar-refractivity contribution in [1.29, 1.82) is 0 Å². The van der Waals surface area contributed by atoms with Gasteiger partial charge in [0.1, 0.15) is 12.1 Å². The molecule has 0 aliphatic rings. The Balaban J connectivity index is 1.54. The van der Waals surface area contributed by atoms with E-state index in [4.69, 9.17) is 4.74 Å². The Bertz CT molecular complexity index is 1120. The molecule has 29 heavy (non-hydrogen) atoms. The van der Waals surface area contributed by atoms with E-state index in [-0.39, 0.29) is 11.7 Å². The van der Waals surface area contributed by atoms with Crippen LogP contribution < -0.4 is 10.9 Å². The molecule has 2 aromatic heterocycles. The quantitative estimate of drug-likeness (QED) is 0.430. The maximum atomic E-state index is 12.3. The molecule has 0 radical (unpaired) electrons. The minimum atomic E-state index is -0.757. The second-order valence-electron chi connectivity index (χ2n) is 6.15. The normalized spacial score (nSPS) is 10.7. The maximum absolute atomic E-state index is 12.3. The number of benzene rings is 1. The molecule has 3 aromatic rings. The molecule has 0 aliphatic heterocycles. The lowest BCUT2D eigenvalue weighted by molar-refractivity contribution is -0.143. The number of ether oxygens (including phenoxy) is 1. The summed E-state index contributed by atoms with van der Waals surface area (Å²) in [5.41, 5.74) is -0.0229. The number of esters is 1. The minimum Gasteiger partial charge on any atom is -0.456 e. The first-order chi connectivity index (χ1) is 13.9. The van der Waals surface area contributed by atoms with Crippen molar-refractivity contribution in [3.63, 3.8) is 0 Å². The third-order valence-corrected chi connectivity index (χ3v) is 5.14. The number of Topliss-reactive ketones (excluding diaryl/α,β-unsaturated/α-hetero) is 1. The number of carbonyl (C=O) groups excluding carboxylic acids is 3. The Morgan fingerprint density at radius 1 is 1.17 bits per heavy atom. The summed E-state index contributed by atoms with van der Waals surface area (Å²) in [6.45, 7) is 1.06. The van der Waals surface area contributed by atoms with Crippen molar-refractivity contribution in [1.82, 2.24) is 20.3 Å². The van der Waals surface area contributed by atoms with Crippen LogP contribution in [0.25, 0.3) is 10.9 Å². The maximum Gasteiger partial charge on any atom is 0.328 e. The molecule has 3 rings (SSSR count). The predicted octanol–water partition coefficient (Wildman–Crippen LogP) is 0.958. The van der Waals surface area contributed by atoms with Crippen LogP contribution in [0.5, 0.6) is 0 Å². The van der Waals surface area contributed by atoms with Crippen molar-refractivity contribution in [3.8, 4) is 0 Å². The highest BCUT2D eigenvalue weighted by Crippen LogP contribution is 2.17. The van der Waals surface area contributed by atoms with Gasteiger partial charge in [0, 0.05) is 18.3 Å². The summed E-state index contributed by atoms with van der Waals surface area (Å²) in [5, 5.41) is 10.6. The summed E-state index contributed by atoms with van der Waals surface area (Å²) in [6.07, 6.45) is 0.612. The van der Waals surface area contributed by atoms with E-state index in [1.165, 1.54) is 18.3 Å². The number of amides is 1. The summed E-state index contributed by atoms with van der Waals surface area (Å²) in [6, 6.07) is 10.1. The molecule has 0 saturated carbocycles. The van der Waals surface area contributed by atoms with Gasteiger partial charge in [-0.2, -0.15) is 4.68 Å². The summed E-state index contributed by atoms with van der Waals surface area (Å²) >= 11 is 1.28. The van der Waals surface area contributed by atoms with Crippen LogP contribution in [0.2, 0.25) is 0 Å². The molecular formula is C19H18N4O5S. The van der Waals surface area contributed by atoms with Crippen molar-refractivity contribution in [2.24, 2.45) is 0 Å². The Labute approximate surface area is 169 Å². The number of hydrogen-bond donors (Lipinski definition) is 1. The third kappa shape index (κ3) is 5.32. The summed E-state index contributed by atoms with van der Waals surface area (Å²) in [5.74, 6) is -1.21. The number of aromatic nitrogens is 3. The molecule has 0 saturated heterocycles. The molecule has 150 valence electrons. The lowest BCUT2D eigenvalue weighted by Crippen LogP contribution is -2.29. The van der Waals surface area contributed by atoms with Crippen LogP contribution in [0, 0.1) is 0 Å². The molecule has 1 N–H and O–H groups in total. The molecule has 0 fully saturated rings. The zero-order chi connectivity index (χ0) is 20.8. The van der Waals surface area contributed by atoms with E-state index < -0.39 is 24.7 Å². The van der Waals surface area contributed by atoms with Crippen molar-refractivity contribution in [2.45, 2.75) is 19.9 Å². The Hall–Kier alpha value is -3.40. The largest absolute Gasteiger partial charge is 0.456 e. The van der Waals surface area contributed by atoms with E-state index in [1.807, 2.05) is 0 Å². The van der Waals surface area contributed by atoms with Gasteiger partial charge < -0.3 is 10.1 Å². The van der Waals surface area contributed by atoms with Crippen molar-refractivity contribution >= 4 is 39.9 Å². The Morgan fingerprint density at radius 3 is 2.76 bits per heavy atom. The van der Waals surface area contributed by atoms with E-state index in [9.17, 15) is 19.2 Å². The van der Waals surface area contributed by atoms with Crippen LogP contribution >= 0.6 is 11.3 Å². The zero-order valence-electron chi connectivity index (χ0n) is 15.6. The van der Waals surface area contributed by atoms with Crippen molar-refractivity contribution < 1.29 is 19.1 Å². The fourth-order valence-electron chi connectivity index (χ4n) is 2.54. The van der Waals surface area contributed by atoms with E-state index in [0.717, 1.165) is 9.56 Å². The van der Waals surface area contributed by atoms with Gasteiger partial charge in [0.15, 0.2) is 6.61 Å². The predicted molar refractivity (Wildman–Crippen MR) is 106 cm³/mol. The molecule has 0 unspecified atom stereocenters. The summed E-state index contributed by atoms with van der Waals surface area (Å²) in [4.78, 5) is 48.8. The van der Waals surface area contributed by atoms with E-state index >= 15 is 0 Å². The highest BCUT2D eigenvalue weighted by atomic mass is 32.1. The Kier molecular flexibility index (Phi) is 6.45. The van der Waals surface area contributed by atoms with Gasteiger partial charge >= 0.3 is 5.97 Å². The van der Waals surface area contributed by atoms with Crippen molar-refractivity contribution in [2.75, 3.05) is 13.2 Å². The van der Waals surface area contributed by atoms with Gasteiger partial charge in [0.25, 0.3) is 5.56 Å². The fraction of sp³-hybridized carbons (Fsp3) is 0.263. The van der Waals surface area contributed by atoms with Gasteiger partial charge in [0.2, 0.25) is 11.7 Å². The van der Waals surface area contributed by atoms with Crippen LogP contribution in [-0.2, 0) is 27.3 Å². The second kappa shape index (κ2) is 9.20. The number of thiophene rings is 1. The topological polar surface area (TPSA) is 120 Å². The molecule has 0 atom stereocenters. The van der Waals surface area contributed by atoms with Crippen LogP contribution in [0.4, 0.5) is 0 Å². The summed E-state index contributed by atoms with van der Waals surface area (Å²) in [7, 11) is 0. The Morgan fingerprint density at radius 2 is 1.97 bits per heavy atom. The lowest BCUT2D eigenvalue weighted by Gasteiger charge is -2.05. The molecule has 0 bridgehead atoms. The highest BCUT2D eigenvalue weighted by Gasteiger charge is 2.15. The lowest BCUT2D eigenvalue weighted by atomic mass is 10.2. The van der Waals surface area contributed by atoms with Crippen LogP contribution in [0.1, 0.15) is 21.5 Å². The number of rotatable bonds is 8. The smallest absolute Gasteiger partial charge is 0.328 e. The van der Waals surface area contributed by atoms with E-state index in [1.54, 1.807) is 36.4 Å². The fourth-order valence-corrected chi connectivity index (χ4v) is 3.47. The molecule has 10 heteroatoms. The van der Waals surface area contributed by atoms with Crippen LogP contribution in [0.15, 0.2) is 41.2 Å². The molecule has 0 aliphatic carbocycles. The number of nitrogens with zero attached hydrogens (tertiary/aromatic N) is 3. The molecule has 0 spiro atoms. The first-order valence-corrected chi connectivity index (χ1v) is 9.60. The van der Waals surface area contributed by atoms with Gasteiger partial charge in [0.05, 0.1) is 10.3 Å². The summed E-state index contributed by atoms with van der Waals surface area (Å²) < 4.78 is 5.89. The number of ketones is 1. The standard InChI is InChI=1S/C19H18N4O5S/c1-12(24)20-9-8-13-6-7-17(29-13)16(25)11-28-18(26)10-23-19(27)14-4-2-3-5-15(14)21-22-23/h2-7H,8-11H2,1H3,(H,20,24). The molecule has 9 nitrogen and oxygen atoms in total. The molecule has 1 amide bonds. The average Bonchev–Trinajstić information content (AvgIpc) is 3.17. The van der Waals surface area contributed by atoms with E-state index in [0.29, 0.717) is 28.7 Å². The number of hydrogen-bond acceptors (Lipinski definition) is 8. The van der Waals surface area contributed by atoms with Gasteiger partial charge in [-0.25, -0.2) is 0 Å². The van der Waals surface area contributed by atoms with Gasteiger partial charge in [-0.05, 0) is 30.7 Å². The zero-order valence-corrected chi connectivity index (χ0v) is 16.4. The first-order valence-electron chi connectivity index (χ1n) is 8.78. The monoisotopic (exact) mass is 414 g/mol. The number of fused-ring (bicyclic) bond motifs is 1. The number of nitrogens with one attached hydrogen (secondary N) is 1. The van der Waals surface area contributed by atoms with Crippen LogP contribution in [-0.4, -0.2) is 45.8 Å². The highest BCUT2D eigenvalue weighted by molar-refractivity contribution is 7.14. The van der Waals surface area contributed by atoms with Gasteiger partial charge in [-0.3, -0.25) is 19.2 Å².